The molecule has 0 spiro atoms. The van der Waals surface area contributed by atoms with Crippen LogP contribution in [0.5, 0.6) is 5.75 Å². The van der Waals surface area contributed by atoms with Gasteiger partial charge in [-0.25, -0.2) is 0 Å². The molecule has 1 saturated heterocycles. The molecule has 1 fully saturated rings. The van der Waals surface area contributed by atoms with Crippen molar-refractivity contribution < 1.29 is 10.2 Å². The van der Waals surface area contributed by atoms with Crippen LogP contribution in [0.25, 0.3) is 5.57 Å². The first-order chi connectivity index (χ1) is 14.1. The van der Waals surface area contributed by atoms with E-state index in [0.717, 1.165) is 36.2 Å². The van der Waals surface area contributed by atoms with Gasteiger partial charge >= 0.3 is 0 Å². The van der Waals surface area contributed by atoms with Gasteiger partial charge in [0.15, 0.2) is 0 Å². The molecule has 0 aliphatic carbocycles. The molecular formula is C26H31NO2. The first-order valence-electron chi connectivity index (χ1n) is 10.4. The van der Waals surface area contributed by atoms with Gasteiger partial charge in [-0.3, -0.25) is 0 Å². The average molecular weight is 390 g/mol. The summed E-state index contributed by atoms with van der Waals surface area (Å²) in [7, 11) is 0. The third-order valence-corrected chi connectivity index (χ3v) is 5.51. The molecule has 3 heteroatoms. The Kier molecular flexibility index (Phi) is 7.45. The Labute approximate surface area is 174 Å². The zero-order valence-electron chi connectivity index (χ0n) is 17.4. The third kappa shape index (κ3) is 5.26. The number of aliphatic hydroxyl groups excluding tert-OH is 1. The Morgan fingerprint density at radius 3 is 2.17 bits per heavy atom. The van der Waals surface area contributed by atoms with Crippen molar-refractivity contribution in [2.24, 2.45) is 0 Å². The van der Waals surface area contributed by atoms with E-state index in [4.69, 9.17) is 0 Å². The maximum Gasteiger partial charge on any atom is 0.115 e. The highest BCUT2D eigenvalue weighted by Crippen LogP contribution is 2.34. The average Bonchev–Trinajstić information content (AvgIpc) is 2.70. The number of aromatic hydroxyl groups is 1. The highest BCUT2D eigenvalue weighted by molar-refractivity contribution is 5.84. The van der Waals surface area contributed by atoms with Crippen molar-refractivity contribution in [3.8, 4) is 5.75 Å². The second-order valence-corrected chi connectivity index (χ2v) is 7.58. The number of hydrogen-bond acceptors (Lipinski definition) is 3. The summed E-state index contributed by atoms with van der Waals surface area (Å²) in [5.41, 5.74) is 7.17. The molecule has 0 saturated carbocycles. The van der Waals surface area contributed by atoms with E-state index in [9.17, 15) is 10.2 Å². The molecule has 0 atom stereocenters. The number of allylic oxidation sites excluding steroid dienone is 5. The normalized spacial score (nSPS) is 16.0. The molecule has 3 nitrogen and oxygen atoms in total. The van der Waals surface area contributed by atoms with E-state index in [1.165, 1.54) is 16.7 Å². The summed E-state index contributed by atoms with van der Waals surface area (Å²) in [6.07, 6.45) is 7.70. The maximum atomic E-state index is 9.77. The molecule has 0 amide bonds. The topological polar surface area (TPSA) is 52.5 Å². The van der Waals surface area contributed by atoms with Crippen LogP contribution in [0.2, 0.25) is 0 Å². The van der Waals surface area contributed by atoms with Gasteiger partial charge in [0.2, 0.25) is 0 Å². The number of benzene rings is 2. The smallest absolute Gasteiger partial charge is 0.115 e. The molecule has 0 aromatic heterocycles. The van der Waals surface area contributed by atoms with Gasteiger partial charge in [0.05, 0.1) is 0 Å². The van der Waals surface area contributed by atoms with Crippen molar-refractivity contribution in [2.75, 3.05) is 19.7 Å². The lowest BCUT2D eigenvalue weighted by atomic mass is 9.85. The van der Waals surface area contributed by atoms with Crippen molar-refractivity contribution >= 4 is 5.57 Å². The minimum absolute atomic E-state index is 0.164. The van der Waals surface area contributed by atoms with Gasteiger partial charge in [0.1, 0.15) is 5.75 Å². The van der Waals surface area contributed by atoms with Crippen LogP contribution in [0.4, 0.5) is 0 Å². The highest BCUT2D eigenvalue weighted by atomic mass is 16.3. The van der Waals surface area contributed by atoms with E-state index in [1.807, 2.05) is 25.1 Å². The summed E-state index contributed by atoms with van der Waals surface area (Å²) in [6, 6.07) is 16.3. The Balaban J connectivity index is 2.13. The summed E-state index contributed by atoms with van der Waals surface area (Å²) < 4.78 is 0. The summed E-state index contributed by atoms with van der Waals surface area (Å²) >= 11 is 0. The fraction of sp³-hybridized carbons (Fsp3) is 0.308. The molecule has 1 aliphatic heterocycles. The standard InChI is InChI=1S/C26H31NO2/c1-3-4-6-19(2)25(7-5-16-28)26(22-12-14-24(29)15-13-22)21-10-8-20(9-11-21)23-17-27-18-23/h3-4,6,8-15,23,27-29H,5,7,16-18H2,1-2H3/b4-3-,19-6+,26-25+. The largest absolute Gasteiger partial charge is 0.508 e. The van der Waals surface area contributed by atoms with Crippen LogP contribution >= 0.6 is 0 Å². The molecule has 0 bridgehead atoms. The molecule has 152 valence electrons. The van der Waals surface area contributed by atoms with Crippen LogP contribution in [0.3, 0.4) is 0 Å². The quantitative estimate of drug-likeness (QED) is 0.546. The minimum Gasteiger partial charge on any atom is -0.508 e. The fourth-order valence-electron chi connectivity index (χ4n) is 3.71. The molecule has 2 aromatic rings. The zero-order chi connectivity index (χ0) is 20.6. The lowest BCUT2D eigenvalue weighted by Gasteiger charge is -2.27. The van der Waals surface area contributed by atoms with E-state index in [1.54, 1.807) is 12.1 Å². The number of phenolic OH excluding ortho intramolecular Hbond substituents is 1. The molecule has 1 aliphatic rings. The summed E-state index contributed by atoms with van der Waals surface area (Å²) in [4.78, 5) is 0. The second-order valence-electron chi connectivity index (χ2n) is 7.58. The van der Waals surface area contributed by atoms with E-state index in [-0.39, 0.29) is 12.4 Å². The van der Waals surface area contributed by atoms with Crippen LogP contribution in [0.1, 0.15) is 49.3 Å². The second kappa shape index (κ2) is 10.2. The van der Waals surface area contributed by atoms with E-state index in [0.29, 0.717) is 12.3 Å². The van der Waals surface area contributed by atoms with Crippen LogP contribution < -0.4 is 5.32 Å². The summed E-state index contributed by atoms with van der Waals surface area (Å²) in [6.45, 7) is 6.40. The summed E-state index contributed by atoms with van der Waals surface area (Å²) in [5, 5.41) is 22.6. The highest BCUT2D eigenvalue weighted by Gasteiger charge is 2.19. The third-order valence-electron chi connectivity index (χ3n) is 5.51. The van der Waals surface area contributed by atoms with Gasteiger partial charge in [0.25, 0.3) is 0 Å². The first kappa shape index (κ1) is 21.1. The van der Waals surface area contributed by atoms with Gasteiger partial charge in [0, 0.05) is 25.6 Å². The predicted octanol–water partition coefficient (Wildman–Crippen LogP) is 5.18. The number of rotatable bonds is 8. The lowest BCUT2D eigenvalue weighted by molar-refractivity contribution is 0.289. The van der Waals surface area contributed by atoms with E-state index in [2.05, 4.69) is 48.7 Å². The number of hydrogen-bond donors (Lipinski definition) is 3. The predicted molar refractivity (Wildman–Crippen MR) is 121 cm³/mol. The van der Waals surface area contributed by atoms with E-state index < -0.39 is 0 Å². The molecule has 0 unspecified atom stereocenters. The molecule has 2 aromatic carbocycles. The molecule has 29 heavy (non-hydrogen) atoms. The van der Waals surface area contributed by atoms with Crippen molar-refractivity contribution in [1.29, 1.82) is 0 Å². The van der Waals surface area contributed by atoms with Crippen molar-refractivity contribution in [1.82, 2.24) is 5.32 Å². The fourth-order valence-corrected chi connectivity index (χ4v) is 3.71. The van der Waals surface area contributed by atoms with Crippen molar-refractivity contribution in [2.45, 2.75) is 32.6 Å². The Bertz CT molecular complexity index is 885. The van der Waals surface area contributed by atoms with Crippen LogP contribution in [0.15, 0.2) is 77.9 Å². The Hall–Kier alpha value is -2.62. The maximum absolute atomic E-state index is 9.77. The molecule has 3 rings (SSSR count). The molecular weight excluding hydrogens is 358 g/mol. The first-order valence-corrected chi connectivity index (χ1v) is 10.4. The molecule has 1 heterocycles. The van der Waals surface area contributed by atoms with Gasteiger partial charge in [-0.15, -0.1) is 0 Å². The van der Waals surface area contributed by atoms with Crippen molar-refractivity contribution in [3.63, 3.8) is 0 Å². The van der Waals surface area contributed by atoms with E-state index >= 15 is 0 Å². The Morgan fingerprint density at radius 1 is 1.03 bits per heavy atom. The lowest BCUT2D eigenvalue weighted by Crippen LogP contribution is -2.39. The summed E-state index contributed by atoms with van der Waals surface area (Å²) in [5.74, 6) is 0.870. The molecule has 3 N–H and O–H groups in total. The van der Waals surface area contributed by atoms with Crippen LogP contribution in [0, 0.1) is 0 Å². The zero-order valence-corrected chi connectivity index (χ0v) is 17.4. The molecule has 0 radical (unpaired) electrons. The number of phenols is 1. The van der Waals surface area contributed by atoms with Crippen LogP contribution in [-0.2, 0) is 0 Å². The van der Waals surface area contributed by atoms with Gasteiger partial charge in [-0.2, -0.15) is 0 Å². The van der Waals surface area contributed by atoms with Crippen LogP contribution in [-0.4, -0.2) is 29.9 Å². The van der Waals surface area contributed by atoms with Crippen molar-refractivity contribution in [3.05, 3.63) is 94.6 Å². The monoisotopic (exact) mass is 389 g/mol. The number of nitrogens with one attached hydrogen (secondary N) is 1. The van der Waals surface area contributed by atoms with Gasteiger partial charge in [-0.1, -0.05) is 54.6 Å². The SMILES string of the molecule is C\C=C/C=C(C)/C(CCCO)=C(/c1ccc(O)cc1)c1ccc(C2CNC2)cc1. The van der Waals surface area contributed by atoms with Gasteiger partial charge < -0.3 is 15.5 Å². The number of aliphatic hydroxyl groups is 1. The van der Waals surface area contributed by atoms with Gasteiger partial charge in [-0.05, 0) is 72.2 Å². The Morgan fingerprint density at radius 2 is 1.66 bits per heavy atom. The minimum atomic E-state index is 0.164.